The highest BCUT2D eigenvalue weighted by Gasteiger charge is 2.13. The van der Waals surface area contributed by atoms with Crippen LogP contribution in [0.3, 0.4) is 0 Å². The summed E-state index contributed by atoms with van der Waals surface area (Å²) in [5, 5.41) is 2.60. The van der Waals surface area contributed by atoms with E-state index in [-0.39, 0.29) is 5.56 Å². The van der Waals surface area contributed by atoms with Crippen LogP contribution >= 0.6 is 15.9 Å². The smallest absolute Gasteiger partial charge is 0.259 e. The summed E-state index contributed by atoms with van der Waals surface area (Å²) in [5.74, 6) is -0.615. The van der Waals surface area contributed by atoms with Crippen LogP contribution in [0.4, 0.5) is 10.2 Å². The maximum absolute atomic E-state index is 13.7. The Labute approximate surface area is 119 Å². The highest BCUT2D eigenvalue weighted by molar-refractivity contribution is 9.10. The van der Waals surface area contributed by atoms with E-state index >= 15 is 0 Å². The fourth-order valence-electron chi connectivity index (χ4n) is 1.65. The number of hydrogen-bond acceptors (Lipinski definition) is 2. The maximum atomic E-state index is 13.7. The molecule has 5 heteroatoms. The largest absolute Gasteiger partial charge is 0.306 e. The molecule has 0 atom stereocenters. The highest BCUT2D eigenvalue weighted by Crippen LogP contribution is 2.18. The van der Waals surface area contributed by atoms with Crippen LogP contribution in [0.1, 0.15) is 21.5 Å². The van der Waals surface area contributed by atoms with Gasteiger partial charge in [-0.3, -0.25) is 4.79 Å². The number of pyridine rings is 1. The van der Waals surface area contributed by atoms with E-state index in [9.17, 15) is 9.18 Å². The molecule has 1 N–H and O–H groups in total. The van der Waals surface area contributed by atoms with Gasteiger partial charge in [0.15, 0.2) is 0 Å². The van der Waals surface area contributed by atoms with Gasteiger partial charge in [-0.1, -0.05) is 6.07 Å². The van der Waals surface area contributed by atoms with Gasteiger partial charge in [-0.15, -0.1) is 0 Å². The first-order valence-electron chi connectivity index (χ1n) is 5.67. The molecule has 1 amide bonds. The van der Waals surface area contributed by atoms with Gasteiger partial charge in [-0.2, -0.15) is 0 Å². The van der Waals surface area contributed by atoms with Crippen LogP contribution in [0.2, 0.25) is 0 Å². The normalized spacial score (nSPS) is 10.3. The second-order valence-electron chi connectivity index (χ2n) is 4.26. The van der Waals surface area contributed by atoms with Crippen molar-refractivity contribution in [1.82, 2.24) is 4.98 Å². The van der Waals surface area contributed by atoms with Crippen LogP contribution in [0.25, 0.3) is 0 Å². The number of carbonyl (C=O) groups excluding carboxylic acids is 1. The van der Waals surface area contributed by atoms with Gasteiger partial charge < -0.3 is 5.32 Å². The molecule has 19 heavy (non-hydrogen) atoms. The Morgan fingerprint density at radius 3 is 2.68 bits per heavy atom. The molecule has 1 aromatic heterocycles. The van der Waals surface area contributed by atoms with E-state index in [4.69, 9.17) is 0 Å². The number of rotatable bonds is 2. The van der Waals surface area contributed by atoms with Gasteiger partial charge in [-0.25, -0.2) is 9.37 Å². The number of carbonyl (C=O) groups is 1. The van der Waals surface area contributed by atoms with Crippen LogP contribution < -0.4 is 5.32 Å². The zero-order valence-corrected chi connectivity index (χ0v) is 12.1. The molecule has 3 nitrogen and oxygen atoms in total. The average Bonchev–Trinajstić information content (AvgIpc) is 2.32. The van der Waals surface area contributed by atoms with E-state index in [2.05, 4.69) is 26.2 Å². The second kappa shape index (κ2) is 5.48. The first-order chi connectivity index (χ1) is 8.97. The third-order valence-corrected chi connectivity index (χ3v) is 3.08. The fraction of sp³-hybridized carbons (Fsp3) is 0.143. The molecule has 0 aliphatic rings. The number of nitrogens with zero attached hydrogens (tertiary/aromatic N) is 1. The van der Waals surface area contributed by atoms with Crippen LogP contribution in [-0.2, 0) is 0 Å². The minimum atomic E-state index is -0.535. The molecule has 0 spiro atoms. The molecule has 0 aliphatic heterocycles. The number of anilines is 1. The monoisotopic (exact) mass is 322 g/mol. The minimum Gasteiger partial charge on any atom is -0.306 e. The molecular formula is C14H12BrFN2O. The van der Waals surface area contributed by atoms with Crippen LogP contribution in [0.15, 0.2) is 34.9 Å². The van der Waals surface area contributed by atoms with Crippen molar-refractivity contribution < 1.29 is 9.18 Å². The molecule has 0 fully saturated rings. The van der Waals surface area contributed by atoms with Crippen molar-refractivity contribution in [2.45, 2.75) is 13.8 Å². The van der Waals surface area contributed by atoms with Gasteiger partial charge in [0.1, 0.15) is 11.6 Å². The van der Waals surface area contributed by atoms with E-state index in [1.807, 2.05) is 13.0 Å². The summed E-state index contributed by atoms with van der Waals surface area (Å²) in [5.41, 5.74) is 1.58. The molecule has 1 aromatic carbocycles. The third kappa shape index (κ3) is 3.17. The van der Waals surface area contributed by atoms with E-state index in [1.54, 1.807) is 19.2 Å². The Hall–Kier alpha value is -1.75. The first-order valence-corrected chi connectivity index (χ1v) is 6.46. The van der Waals surface area contributed by atoms with Crippen LogP contribution in [-0.4, -0.2) is 10.9 Å². The standard InChI is InChI=1S/C14H12BrFN2O/c1-8-3-4-11(12(16)5-8)14(19)18-13-9(2)6-10(15)7-17-13/h3-7H,1-2H3,(H,17,18,19). The lowest BCUT2D eigenvalue weighted by atomic mass is 10.1. The van der Waals surface area contributed by atoms with E-state index < -0.39 is 11.7 Å². The Morgan fingerprint density at radius 2 is 2.05 bits per heavy atom. The Bertz CT molecular complexity index is 643. The lowest BCUT2D eigenvalue weighted by molar-refractivity contribution is 0.102. The molecule has 2 aromatic rings. The summed E-state index contributed by atoms with van der Waals surface area (Å²) in [6.07, 6.45) is 1.58. The summed E-state index contributed by atoms with van der Waals surface area (Å²) in [6, 6.07) is 6.32. The van der Waals surface area contributed by atoms with E-state index in [0.717, 1.165) is 15.6 Å². The molecule has 0 aliphatic carbocycles. The number of amides is 1. The van der Waals surface area contributed by atoms with E-state index in [0.29, 0.717) is 5.82 Å². The van der Waals surface area contributed by atoms with Crippen molar-refractivity contribution >= 4 is 27.7 Å². The second-order valence-corrected chi connectivity index (χ2v) is 5.17. The zero-order valence-electron chi connectivity index (χ0n) is 10.5. The summed E-state index contributed by atoms with van der Waals surface area (Å²) in [4.78, 5) is 16.1. The number of halogens is 2. The molecule has 0 saturated carbocycles. The molecular weight excluding hydrogens is 311 g/mol. The van der Waals surface area contributed by atoms with Crippen molar-refractivity contribution in [1.29, 1.82) is 0 Å². The molecule has 2 rings (SSSR count). The lowest BCUT2D eigenvalue weighted by Crippen LogP contribution is -2.15. The maximum Gasteiger partial charge on any atom is 0.259 e. The Morgan fingerprint density at radius 1 is 1.32 bits per heavy atom. The predicted octanol–water partition coefficient (Wildman–Crippen LogP) is 3.85. The Balaban J connectivity index is 2.25. The average molecular weight is 323 g/mol. The van der Waals surface area contributed by atoms with Crippen molar-refractivity contribution in [3.05, 3.63) is 57.4 Å². The van der Waals surface area contributed by atoms with Crippen LogP contribution in [0.5, 0.6) is 0 Å². The zero-order chi connectivity index (χ0) is 14.0. The Kier molecular flexibility index (Phi) is 3.95. The summed E-state index contributed by atoms with van der Waals surface area (Å²) in [7, 11) is 0. The highest BCUT2D eigenvalue weighted by atomic mass is 79.9. The first kappa shape index (κ1) is 13.7. The van der Waals surface area contributed by atoms with Gasteiger partial charge >= 0.3 is 0 Å². The lowest BCUT2D eigenvalue weighted by Gasteiger charge is -2.08. The van der Waals surface area contributed by atoms with Gasteiger partial charge in [0.2, 0.25) is 0 Å². The number of aromatic nitrogens is 1. The predicted molar refractivity (Wildman–Crippen MR) is 75.8 cm³/mol. The van der Waals surface area contributed by atoms with Gasteiger partial charge in [0, 0.05) is 10.7 Å². The van der Waals surface area contributed by atoms with Gasteiger partial charge in [0.05, 0.1) is 5.56 Å². The molecule has 98 valence electrons. The van der Waals surface area contributed by atoms with Gasteiger partial charge in [0.25, 0.3) is 5.91 Å². The third-order valence-electron chi connectivity index (χ3n) is 2.65. The molecule has 0 saturated heterocycles. The molecule has 0 unspecified atom stereocenters. The molecule has 0 bridgehead atoms. The minimum absolute atomic E-state index is 0.00900. The molecule has 0 radical (unpaired) electrons. The topological polar surface area (TPSA) is 42.0 Å². The summed E-state index contributed by atoms with van der Waals surface area (Å²) in [6.45, 7) is 3.59. The van der Waals surface area contributed by atoms with Crippen molar-refractivity contribution in [3.63, 3.8) is 0 Å². The summed E-state index contributed by atoms with van der Waals surface area (Å²) >= 11 is 3.29. The van der Waals surface area contributed by atoms with Crippen molar-refractivity contribution in [2.24, 2.45) is 0 Å². The fourth-order valence-corrected chi connectivity index (χ4v) is 2.10. The van der Waals surface area contributed by atoms with Gasteiger partial charge in [-0.05, 0) is 59.1 Å². The van der Waals surface area contributed by atoms with Crippen LogP contribution in [0, 0.1) is 19.7 Å². The number of nitrogens with one attached hydrogen (secondary N) is 1. The SMILES string of the molecule is Cc1ccc(C(=O)Nc2ncc(Br)cc2C)c(F)c1. The van der Waals surface area contributed by atoms with Crippen molar-refractivity contribution in [2.75, 3.05) is 5.32 Å². The molecule has 1 heterocycles. The quantitative estimate of drug-likeness (QED) is 0.912. The number of hydrogen-bond donors (Lipinski definition) is 1. The number of aryl methyl sites for hydroxylation is 2. The van der Waals surface area contributed by atoms with Crippen molar-refractivity contribution in [3.8, 4) is 0 Å². The summed E-state index contributed by atoms with van der Waals surface area (Å²) < 4.78 is 14.5. The number of benzene rings is 1. The van der Waals surface area contributed by atoms with E-state index in [1.165, 1.54) is 12.1 Å².